The Kier molecular flexibility index (Phi) is 3.84. The third-order valence-electron chi connectivity index (χ3n) is 2.87. The summed E-state index contributed by atoms with van der Waals surface area (Å²) in [5.74, 6) is 0.309. The molecule has 0 amide bonds. The molecule has 1 aromatic carbocycles. The van der Waals surface area contributed by atoms with E-state index in [-0.39, 0.29) is 0 Å². The molecule has 0 atom stereocenters. The van der Waals surface area contributed by atoms with Gasteiger partial charge in [0, 0.05) is 26.6 Å². The Morgan fingerprint density at radius 3 is 2.89 bits per heavy atom. The van der Waals surface area contributed by atoms with Crippen molar-refractivity contribution in [3.63, 3.8) is 0 Å². The van der Waals surface area contributed by atoms with Crippen LogP contribution >= 0.6 is 0 Å². The predicted octanol–water partition coefficient (Wildman–Crippen LogP) is 1.09. The van der Waals surface area contributed by atoms with E-state index in [0.717, 1.165) is 16.9 Å². The monoisotopic (exact) mass is 246 g/mol. The van der Waals surface area contributed by atoms with Crippen LogP contribution in [0.2, 0.25) is 0 Å². The van der Waals surface area contributed by atoms with Crippen LogP contribution in [0, 0.1) is 0 Å². The first-order valence-electron chi connectivity index (χ1n) is 5.94. The highest BCUT2D eigenvalue weighted by atomic mass is 16.3. The van der Waals surface area contributed by atoms with E-state index in [1.54, 1.807) is 12.3 Å². The van der Waals surface area contributed by atoms with E-state index in [2.05, 4.69) is 10.4 Å². The molecule has 0 aliphatic carbocycles. The van der Waals surface area contributed by atoms with Crippen LogP contribution in [0.4, 0.5) is 5.69 Å². The van der Waals surface area contributed by atoms with Crippen molar-refractivity contribution in [2.24, 2.45) is 12.8 Å². The number of benzene rings is 1. The van der Waals surface area contributed by atoms with Gasteiger partial charge in [0.15, 0.2) is 0 Å². The molecular weight excluding hydrogens is 228 g/mol. The van der Waals surface area contributed by atoms with Crippen molar-refractivity contribution in [3.8, 4) is 5.75 Å². The molecular formula is C13H18N4O. The van der Waals surface area contributed by atoms with Crippen molar-refractivity contribution in [2.45, 2.75) is 6.42 Å². The number of anilines is 1. The highest BCUT2D eigenvalue weighted by molar-refractivity contribution is 5.49. The maximum atomic E-state index is 9.80. The lowest BCUT2D eigenvalue weighted by Gasteiger charge is -2.09. The molecule has 0 aliphatic heterocycles. The number of aromatic nitrogens is 2. The SMILES string of the molecule is Cn1ncc(NCCN)c1Cc1ccccc1O. The van der Waals surface area contributed by atoms with Gasteiger partial charge in [0.05, 0.1) is 17.6 Å². The standard InChI is InChI=1S/C13H18N4O/c1-17-12(11(9-16-17)15-7-6-14)8-10-4-2-3-5-13(10)18/h2-5,9,15,18H,6-8,14H2,1H3. The average molecular weight is 246 g/mol. The first kappa shape index (κ1) is 12.4. The summed E-state index contributed by atoms with van der Waals surface area (Å²) in [6, 6.07) is 7.34. The van der Waals surface area contributed by atoms with Gasteiger partial charge in [-0.25, -0.2) is 0 Å². The summed E-state index contributed by atoms with van der Waals surface area (Å²) >= 11 is 0. The minimum absolute atomic E-state index is 0.309. The van der Waals surface area contributed by atoms with Gasteiger partial charge in [-0.2, -0.15) is 5.10 Å². The highest BCUT2D eigenvalue weighted by Gasteiger charge is 2.10. The molecule has 0 bridgehead atoms. The van der Waals surface area contributed by atoms with Crippen LogP contribution in [-0.2, 0) is 13.5 Å². The molecule has 2 rings (SSSR count). The Bertz CT molecular complexity index is 521. The van der Waals surface area contributed by atoms with Crippen molar-refractivity contribution in [1.82, 2.24) is 9.78 Å². The summed E-state index contributed by atoms with van der Waals surface area (Å²) in [6.07, 6.45) is 2.42. The van der Waals surface area contributed by atoms with Crippen LogP contribution in [0.25, 0.3) is 0 Å². The molecule has 0 saturated heterocycles. The number of phenols is 1. The number of aryl methyl sites for hydroxylation is 1. The number of rotatable bonds is 5. The smallest absolute Gasteiger partial charge is 0.119 e. The Morgan fingerprint density at radius 2 is 2.17 bits per heavy atom. The van der Waals surface area contributed by atoms with E-state index in [1.165, 1.54) is 0 Å². The third kappa shape index (κ3) is 2.62. The number of para-hydroxylation sites is 1. The van der Waals surface area contributed by atoms with Crippen LogP contribution in [-0.4, -0.2) is 28.0 Å². The molecule has 0 saturated carbocycles. The number of nitrogens with two attached hydrogens (primary N) is 1. The molecule has 0 spiro atoms. The summed E-state index contributed by atoms with van der Waals surface area (Å²) < 4.78 is 1.81. The van der Waals surface area contributed by atoms with Crippen LogP contribution in [0.15, 0.2) is 30.5 Å². The van der Waals surface area contributed by atoms with Crippen molar-refractivity contribution in [3.05, 3.63) is 41.7 Å². The van der Waals surface area contributed by atoms with Crippen molar-refractivity contribution < 1.29 is 5.11 Å². The number of hydrogen-bond acceptors (Lipinski definition) is 4. The molecule has 5 heteroatoms. The van der Waals surface area contributed by atoms with E-state index < -0.39 is 0 Å². The second-order valence-electron chi connectivity index (χ2n) is 4.15. The fraction of sp³-hybridized carbons (Fsp3) is 0.308. The minimum Gasteiger partial charge on any atom is -0.508 e. The van der Waals surface area contributed by atoms with Crippen molar-refractivity contribution in [1.29, 1.82) is 0 Å². The zero-order valence-corrected chi connectivity index (χ0v) is 10.4. The van der Waals surface area contributed by atoms with E-state index in [9.17, 15) is 5.11 Å². The van der Waals surface area contributed by atoms with E-state index >= 15 is 0 Å². The van der Waals surface area contributed by atoms with Crippen molar-refractivity contribution in [2.75, 3.05) is 18.4 Å². The third-order valence-corrected chi connectivity index (χ3v) is 2.87. The van der Waals surface area contributed by atoms with Crippen LogP contribution < -0.4 is 11.1 Å². The lowest BCUT2D eigenvalue weighted by molar-refractivity contribution is 0.469. The van der Waals surface area contributed by atoms with Gasteiger partial charge >= 0.3 is 0 Å². The second-order valence-corrected chi connectivity index (χ2v) is 4.15. The van der Waals surface area contributed by atoms with E-state index in [0.29, 0.717) is 25.3 Å². The van der Waals surface area contributed by atoms with E-state index in [4.69, 9.17) is 5.73 Å². The van der Waals surface area contributed by atoms with Gasteiger partial charge < -0.3 is 16.2 Å². The van der Waals surface area contributed by atoms with Gasteiger partial charge in [-0.1, -0.05) is 18.2 Å². The Morgan fingerprint density at radius 1 is 1.39 bits per heavy atom. The number of phenolic OH excluding ortho intramolecular Hbond substituents is 1. The van der Waals surface area contributed by atoms with Gasteiger partial charge in [-0.3, -0.25) is 4.68 Å². The van der Waals surface area contributed by atoms with Crippen LogP contribution in [0.5, 0.6) is 5.75 Å². The lowest BCUT2D eigenvalue weighted by atomic mass is 10.1. The lowest BCUT2D eigenvalue weighted by Crippen LogP contribution is -2.14. The molecule has 96 valence electrons. The van der Waals surface area contributed by atoms with Gasteiger partial charge in [0.25, 0.3) is 0 Å². The molecule has 2 aromatic rings. The molecule has 0 aliphatic rings. The van der Waals surface area contributed by atoms with Crippen LogP contribution in [0.3, 0.4) is 0 Å². The normalized spacial score (nSPS) is 10.6. The first-order valence-corrected chi connectivity index (χ1v) is 5.94. The first-order chi connectivity index (χ1) is 8.72. The zero-order valence-electron chi connectivity index (χ0n) is 10.4. The zero-order chi connectivity index (χ0) is 13.0. The largest absolute Gasteiger partial charge is 0.508 e. The fourth-order valence-corrected chi connectivity index (χ4v) is 1.87. The van der Waals surface area contributed by atoms with Crippen LogP contribution in [0.1, 0.15) is 11.3 Å². The molecule has 18 heavy (non-hydrogen) atoms. The molecule has 1 heterocycles. The maximum Gasteiger partial charge on any atom is 0.119 e. The predicted molar refractivity (Wildman–Crippen MR) is 71.7 cm³/mol. The van der Waals surface area contributed by atoms with E-state index in [1.807, 2.05) is 29.9 Å². The summed E-state index contributed by atoms with van der Waals surface area (Å²) in [5.41, 5.74) is 8.36. The quantitative estimate of drug-likeness (QED) is 0.738. The molecule has 0 radical (unpaired) electrons. The Hall–Kier alpha value is -2.01. The average Bonchev–Trinajstić information content (AvgIpc) is 2.71. The summed E-state index contributed by atoms with van der Waals surface area (Å²) in [6.45, 7) is 1.28. The molecule has 4 N–H and O–H groups in total. The number of aromatic hydroxyl groups is 1. The maximum absolute atomic E-state index is 9.80. The summed E-state index contributed by atoms with van der Waals surface area (Å²) in [4.78, 5) is 0. The van der Waals surface area contributed by atoms with Gasteiger partial charge in [0.1, 0.15) is 5.75 Å². The Labute approximate surface area is 106 Å². The summed E-state index contributed by atoms with van der Waals surface area (Å²) in [7, 11) is 1.89. The van der Waals surface area contributed by atoms with Gasteiger partial charge in [-0.05, 0) is 11.6 Å². The number of nitrogens with one attached hydrogen (secondary N) is 1. The molecule has 1 aromatic heterocycles. The highest BCUT2D eigenvalue weighted by Crippen LogP contribution is 2.23. The topological polar surface area (TPSA) is 76.1 Å². The minimum atomic E-state index is 0.309. The molecule has 5 nitrogen and oxygen atoms in total. The Balaban J connectivity index is 2.23. The molecule has 0 fully saturated rings. The van der Waals surface area contributed by atoms with Gasteiger partial charge in [-0.15, -0.1) is 0 Å². The number of hydrogen-bond donors (Lipinski definition) is 3. The summed E-state index contributed by atoms with van der Waals surface area (Å²) in [5, 5.41) is 17.3. The van der Waals surface area contributed by atoms with Crippen molar-refractivity contribution >= 4 is 5.69 Å². The second kappa shape index (κ2) is 5.55. The molecule has 0 unspecified atom stereocenters. The fourth-order valence-electron chi connectivity index (χ4n) is 1.87. The van der Waals surface area contributed by atoms with Gasteiger partial charge in [0.2, 0.25) is 0 Å². The number of nitrogens with zero attached hydrogens (tertiary/aromatic N) is 2.